The van der Waals surface area contributed by atoms with Crippen LogP contribution in [0.15, 0.2) is 84.9 Å². The molecule has 0 aliphatic heterocycles. The molecule has 0 saturated carbocycles. The van der Waals surface area contributed by atoms with E-state index in [1.54, 1.807) is 31.4 Å². The Morgan fingerprint density at radius 3 is 1.51 bits per heavy atom. The lowest BCUT2D eigenvalue weighted by Gasteiger charge is -2.19. The largest absolute Gasteiger partial charge is 0.497 e. The van der Waals surface area contributed by atoms with Crippen LogP contribution < -0.4 is 4.74 Å². The molecule has 0 saturated heterocycles. The summed E-state index contributed by atoms with van der Waals surface area (Å²) in [6.07, 6.45) is -0.201. The molecule has 0 aliphatic rings. The quantitative estimate of drug-likeness (QED) is 0.168. The number of carbonyl (C=O) groups is 2. The lowest BCUT2D eigenvalue weighted by molar-refractivity contribution is -0.158. The van der Waals surface area contributed by atoms with E-state index in [1.807, 2.05) is 48.5 Å². The summed E-state index contributed by atoms with van der Waals surface area (Å²) >= 11 is 12.5. The fraction of sp³-hybridized carbons (Fsp3) is 0.212. The maximum absolute atomic E-state index is 12.9. The minimum atomic E-state index is -0.657. The van der Waals surface area contributed by atoms with Crippen LogP contribution in [0.4, 0.5) is 0 Å². The number of benzene rings is 4. The molecule has 4 aromatic rings. The Labute approximate surface area is 239 Å². The average Bonchev–Trinajstić information content (AvgIpc) is 2.88. The third-order valence-corrected chi connectivity index (χ3v) is 6.96. The molecule has 0 amide bonds. The van der Waals surface area contributed by atoms with Gasteiger partial charge in [-0.15, -0.1) is 0 Å². The van der Waals surface area contributed by atoms with Crippen LogP contribution in [-0.4, -0.2) is 19.0 Å². The first-order valence-electron chi connectivity index (χ1n) is 12.6. The molecule has 0 spiro atoms. The second kappa shape index (κ2) is 12.1. The molecule has 0 bridgehead atoms. The summed E-state index contributed by atoms with van der Waals surface area (Å²) in [5, 5.41) is 0.990. The lowest BCUT2D eigenvalue weighted by Crippen LogP contribution is -2.17. The predicted octanol–water partition coefficient (Wildman–Crippen LogP) is 8.49. The number of halogens is 2. The van der Waals surface area contributed by atoms with E-state index >= 15 is 0 Å². The minimum absolute atomic E-state index is 0.0295. The van der Waals surface area contributed by atoms with Crippen LogP contribution >= 0.6 is 23.2 Å². The zero-order valence-corrected chi connectivity index (χ0v) is 23.9. The van der Waals surface area contributed by atoms with Crippen LogP contribution in [-0.2, 0) is 32.6 Å². The van der Waals surface area contributed by atoms with Gasteiger partial charge in [0.25, 0.3) is 0 Å². The van der Waals surface area contributed by atoms with E-state index in [1.165, 1.54) is 5.56 Å². The third-order valence-electron chi connectivity index (χ3n) is 6.49. The van der Waals surface area contributed by atoms with Gasteiger partial charge >= 0.3 is 11.9 Å². The predicted molar refractivity (Wildman–Crippen MR) is 158 cm³/mol. The lowest BCUT2D eigenvalue weighted by atomic mass is 9.86. The highest BCUT2D eigenvalue weighted by Gasteiger charge is 2.18. The number of carbonyl (C=O) groups excluding carboxylic acids is 2. The number of methoxy groups -OCH3 is 1. The monoisotopic (exact) mass is 560 g/mol. The van der Waals surface area contributed by atoms with Crippen molar-refractivity contribution in [2.24, 2.45) is 0 Å². The van der Waals surface area contributed by atoms with Crippen LogP contribution in [0, 0.1) is 0 Å². The van der Waals surface area contributed by atoms with E-state index in [-0.39, 0.29) is 18.3 Å². The van der Waals surface area contributed by atoms with Crippen molar-refractivity contribution in [2.75, 3.05) is 7.11 Å². The van der Waals surface area contributed by atoms with Gasteiger partial charge in [-0.05, 0) is 80.8 Å². The number of hydrogen-bond acceptors (Lipinski definition) is 4. The topological polar surface area (TPSA) is 52.6 Å². The maximum atomic E-state index is 12.9. The molecule has 0 heterocycles. The third kappa shape index (κ3) is 7.29. The molecule has 0 unspecified atom stereocenters. The molecule has 0 radical (unpaired) electrons. The van der Waals surface area contributed by atoms with E-state index in [9.17, 15) is 9.59 Å². The molecule has 4 nitrogen and oxygen atoms in total. The molecule has 0 aliphatic carbocycles. The fourth-order valence-corrected chi connectivity index (χ4v) is 4.80. The zero-order chi connectivity index (χ0) is 28.2. The second-order valence-electron chi connectivity index (χ2n) is 10.4. The van der Waals surface area contributed by atoms with E-state index in [4.69, 9.17) is 32.7 Å². The minimum Gasteiger partial charge on any atom is -0.497 e. The summed E-state index contributed by atoms with van der Waals surface area (Å²) in [5.74, 6) is -0.581. The van der Waals surface area contributed by atoms with Crippen LogP contribution in [0.25, 0.3) is 22.3 Å². The zero-order valence-electron chi connectivity index (χ0n) is 22.4. The van der Waals surface area contributed by atoms with Crippen molar-refractivity contribution in [1.82, 2.24) is 0 Å². The summed E-state index contributed by atoms with van der Waals surface area (Å²) < 4.78 is 10.5. The summed E-state index contributed by atoms with van der Waals surface area (Å²) in [5.41, 5.74) is 6.12. The SMILES string of the molecule is COc1ccc(-c2ccc(Cl)cc2CC(=O)OC(=O)Cc2cc(Cl)ccc2-c2ccc(C(C)(C)C)cc2)cc1. The smallest absolute Gasteiger partial charge is 0.317 e. The van der Waals surface area contributed by atoms with E-state index in [0.717, 1.165) is 28.0 Å². The Morgan fingerprint density at radius 2 is 1.10 bits per heavy atom. The van der Waals surface area contributed by atoms with Crippen molar-refractivity contribution in [2.45, 2.75) is 39.0 Å². The normalized spacial score (nSPS) is 11.2. The van der Waals surface area contributed by atoms with E-state index < -0.39 is 11.9 Å². The molecule has 0 aromatic heterocycles. The first kappa shape index (κ1) is 28.4. The van der Waals surface area contributed by atoms with Gasteiger partial charge in [0.15, 0.2) is 0 Å². The number of esters is 2. The standard InChI is InChI=1S/C33H30Cl2O4/c1-33(2,3)25-9-5-21(6-10-25)29-15-11-26(34)17-23(29)19-31(36)39-32(37)20-24-18-27(35)12-16-30(24)22-7-13-28(38-4)14-8-22/h5-18H,19-20H2,1-4H3. The Kier molecular flexibility index (Phi) is 8.79. The molecule has 4 rings (SSSR count). The van der Waals surface area contributed by atoms with Crippen LogP contribution in [0.3, 0.4) is 0 Å². The molecular formula is C33H30Cl2O4. The highest BCUT2D eigenvalue weighted by molar-refractivity contribution is 6.31. The molecule has 39 heavy (non-hydrogen) atoms. The van der Waals surface area contributed by atoms with Crippen molar-refractivity contribution >= 4 is 35.1 Å². The van der Waals surface area contributed by atoms with E-state index in [0.29, 0.717) is 21.2 Å². The Bertz CT molecular complexity index is 1480. The first-order chi connectivity index (χ1) is 18.5. The number of hydrogen-bond donors (Lipinski definition) is 0. The average molecular weight is 562 g/mol. The van der Waals surface area contributed by atoms with Crippen LogP contribution in [0.5, 0.6) is 5.75 Å². The molecule has 0 fully saturated rings. The van der Waals surface area contributed by atoms with Crippen molar-refractivity contribution in [3.8, 4) is 28.0 Å². The van der Waals surface area contributed by atoms with Gasteiger partial charge in [-0.2, -0.15) is 0 Å². The molecule has 4 aromatic carbocycles. The Hall–Kier alpha value is -3.60. The van der Waals surface area contributed by atoms with Crippen molar-refractivity contribution < 1.29 is 19.1 Å². The molecule has 0 atom stereocenters. The summed E-state index contributed by atoms with van der Waals surface area (Å²) in [6.45, 7) is 6.48. The van der Waals surface area contributed by atoms with Crippen LogP contribution in [0.2, 0.25) is 10.0 Å². The molecular weight excluding hydrogens is 531 g/mol. The summed E-state index contributed by atoms with van der Waals surface area (Å²) in [6, 6.07) is 26.4. The Balaban J connectivity index is 1.50. The van der Waals surface area contributed by atoms with Gasteiger partial charge in [0.05, 0.1) is 20.0 Å². The highest BCUT2D eigenvalue weighted by atomic mass is 35.5. The van der Waals surface area contributed by atoms with Crippen LogP contribution in [0.1, 0.15) is 37.5 Å². The Morgan fingerprint density at radius 1 is 0.667 bits per heavy atom. The van der Waals surface area contributed by atoms with Crippen molar-refractivity contribution in [3.63, 3.8) is 0 Å². The first-order valence-corrected chi connectivity index (χ1v) is 13.3. The van der Waals surface area contributed by atoms with Gasteiger partial charge in [-0.3, -0.25) is 9.59 Å². The van der Waals surface area contributed by atoms with Gasteiger partial charge in [0.2, 0.25) is 0 Å². The van der Waals surface area contributed by atoms with Gasteiger partial charge in [0, 0.05) is 10.0 Å². The maximum Gasteiger partial charge on any atom is 0.317 e. The molecule has 0 N–H and O–H groups in total. The fourth-order valence-electron chi connectivity index (χ4n) is 4.41. The van der Waals surface area contributed by atoms with E-state index in [2.05, 4.69) is 32.9 Å². The molecule has 200 valence electrons. The van der Waals surface area contributed by atoms with Crippen molar-refractivity contribution in [3.05, 3.63) is 112 Å². The van der Waals surface area contributed by atoms with Gasteiger partial charge in [0.1, 0.15) is 5.75 Å². The number of rotatable bonds is 7. The summed E-state index contributed by atoms with van der Waals surface area (Å²) in [4.78, 5) is 25.7. The van der Waals surface area contributed by atoms with Gasteiger partial charge in [-0.1, -0.05) is 92.5 Å². The highest BCUT2D eigenvalue weighted by Crippen LogP contribution is 2.31. The molecule has 6 heteroatoms. The number of ether oxygens (including phenoxy) is 2. The second-order valence-corrected chi connectivity index (χ2v) is 11.2. The van der Waals surface area contributed by atoms with Crippen molar-refractivity contribution in [1.29, 1.82) is 0 Å². The summed E-state index contributed by atoms with van der Waals surface area (Å²) in [7, 11) is 1.60. The van der Waals surface area contributed by atoms with Gasteiger partial charge < -0.3 is 9.47 Å². The van der Waals surface area contributed by atoms with Gasteiger partial charge in [-0.25, -0.2) is 0 Å².